The van der Waals surface area contributed by atoms with Gasteiger partial charge in [0, 0.05) is 36.8 Å². The van der Waals surface area contributed by atoms with Crippen LogP contribution in [0.5, 0.6) is 5.75 Å². The monoisotopic (exact) mass is 268 g/mol. The summed E-state index contributed by atoms with van der Waals surface area (Å²) in [5.41, 5.74) is 2.26. The van der Waals surface area contributed by atoms with Gasteiger partial charge < -0.3 is 15.0 Å². The average molecular weight is 269 g/mol. The largest absolute Gasteiger partial charge is 0.496 e. The van der Waals surface area contributed by atoms with Crippen LogP contribution in [0.25, 0.3) is 0 Å². The SMILES string of the molecule is COc1c(C)cc(Cl)cc1CN(C)CC1CNC1. The van der Waals surface area contributed by atoms with Crippen molar-refractivity contribution in [1.82, 2.24) is 10.2 Å². The smallest absolute Gasteiger partial charge is 0.126 e. The molecule has 0 bridgehead atoms. The Kier molecular flexibility index (Phi) is 4.49. The minimum Gasteiger partial charge on any atom is -0.496 e. The lowest BCUT2D eigenvalue weighted by atomic mass is 10.0. The van der Waals surface area contributed by atoms with Crippen molar-refractivity contribution < 1.29 is 4.74 Å². The van der Waals surface area contributed by atoms with E-state index in [1.165, 1.54) is 0 Å². The van der Waals surface area contributed by atoms with Crippen LogP contribution in [0.4, 0.5) is 0 Å². The summed E-state index contributed by atoms with van der Waals surface area (Å²) in [5, 5.41) is 4.08. The Labute approximate surface area is 114 Å². The lowest BCUT2D eigenvalue weighted by Gasteiger charge is -2.31. The second-order valence-corrected chi connectivity index (χ2v) is 5.57. The molecular weight excluding hydrogens is 248 g/mol. The molecule has 1 saturated heterocycles. The lowest BCUT2D eigenvalue weighted by molar-refractivity contribution is 0.217. The number of nitrogens with zero attached hydrogens (tertiary/aromatic N) is 1. The van der Waals surface area contributed by atoms with Gasteiger partial charge in [-0.3, -0.25) is 0 Å². The van der Waals surface area contributed by atoms with Gasteiger partial charge in [-0.25, -0.2) is 0 Å². The van der Waals surface area contributed by atoms with E-state index in [2.05, 4.69) is 17.3 Å². The van der Waals surface area contributed by atoms with E-state index in [0.717, 1.165) is 54.0 Å². The molecule has 0 unspecified atom stereocenters. The van der Waals surface area contributed by atoms with Gasteiger partial charge in [-0.2, -0.15) is 0 Å². The summed E-state index contributed by atoms with van der Waals surface area (Å²) >= 11 is 6.12. The molecule has 0 saturated carbocycles. The van der Waals surface area contributed by atoms with Gasteiger partial charge in [0.25, 0.3) is 0 Å². The topological polar surface area (TPSA) is 24.5 Å². The predicted octanol–water partition coefficient (Wildman–Crippen LogP) is 2.31. The van der Waals surface area contributed by atoms with Gasteiger partial charge in [0.05, 0.1) is 7.11 Å². The molecule has 18 heavy (non-hydrogen) atoms. The quantitative estimate of drug-likeness (QED) is 0.887. The number of aryl methyl sites for hydroxylation is 1. The maximum atomic E-state index is 6.12. The number of nitrogens with one attached hydrogen (secondary N) is 1. The lowest BCUT2D eigenvalue weighted by Crippen LogP contribution is -2.47. The number of rotatable bonds is 5. The fraction of sp³-hybridized carbons (Fsp3) is 0.571. The third kappa shape index (κ3) is 3.16. The molecule has 4 heteroatoms. The fourth-order valence-corrected chi connectivity index (χ4v) is 2.78. The molecule has 0 aliphatic carbocycles. The highest BCUT2D eigenvalue weighted by Gasteiger charge is 2.19. The Hall–Kier alpha value is -0.770. The minimum atomic E-state index is 0.779. The normalized spacial score (nSPS) is 15.8. The summed E-state index contributed by atoms with van der Waals surface area (Å²) in [7, 11) is 3.86. The Balaban J connectivity index is 2.06. The maximum absolute atomic E-state index is 6.12. The summed E-state index contributed by atoms with van der Waals surface area (Å²) in [6.07, 6.45) is 0. The Morgan fingerprint density at radius 1 is 1.44 bits per heavy atom. The van der Waals surface area contributed by atoms with Crippen LogP contribution in [0.2, 0.25) is 5.02 Å². The van der Waals surface area contributed by atoms with E-state index in [9.17, 15) is 0 Å². The van der Waals surface area contributed by atoms with E-state index in [1.807, 2.05) is 19.1 Å². The summed E-state index contributed by atoms with van der Waals surface area (Å²) in [6, 6.07) is 3.95. The van der Waals surface area contributed by atoms with E-state index < -0.39 is 0 Å². The van der Waals surface area contributed by atoms with E-state index in [4.69, 9.17) is 16.3 Å². The molecule has 0 radical (unpaired) electrons. The van der Waals surface area contributed by atoms with Crippen molar-refractivity contribution in [2.75, 3.05) is 33.8 Å². The van der Waals surface area contributed by atoms with Crippen molar-refractivity contribution in [2.45, 2.75) is 13.5 Å². The molecule has 100 valence electrons. The highest BCUT2D eigenvalue weighted by molar-refractivity contribution is 6.30. The van der Waals surface area contributed by atoms with E-state index in [-0.39, 0.29) is 0 Å². The van der Waals surface area contributed by atoms with Gasteiger partial charge >= 0.3 is 0 Å². The zero-order valence-corrected chi connectivity index (χ0v) is 12.0. The molecule has 2 rings (SSSR count). The molecule has 1 heterocycles. The van der Waals surface area contributed by atoms with Crippen LogP contribution < -0.4 is 10.1 Å². The third-order valence-corrected chi connectivity index (χ3v) is 3.61. The molecule has 1 aliphatic heterocycles. The summed E-state index contributed by atoms with van der Waals surface area (Å²) < 4.78 is 5.48. The van der Waals surface area contributed by atoms with Gasteiger partial charge in [0.1, 0.15) is 5.75 Å². The maximum Gasteiger partial charge on any atom is 0.126 e. The first-order valence-electron chi connectivity index (χ1n) is 6.32. The number of hydrogen-bond acceptors (Lipinski definition) is 3. The number of hydrogen-bond donors (Lipinski definition) is 1. The second-order valence-electron chi connectivity index (χ2n) is 5.14. The summed E-state index contributed by atoms with van der Waals surface area (Å²) in [6.45, 7) is 6.29. The molecule has 0 aromatic heterocycles. The molecule has 1 fully saturated rings. The molecule has 0 amide bonds. The molecule has 1 aliphatic rings. The second kappa shape index (κ2) is 5.91. The van der Waals surface area contributed by atoms with Crippen molar-refractivity contribution in [3.8, 4) is 5.75 Å². The molecule has 1 aromatic carbocycles. The first-order chi connectivity index (χ1) is 8.60. The Bertz CT molecular complexity index is 419. The minimum absolute atomic E-state index is 0.779. The number of halogens is 1. The first-order valence-corrected chi connectivity index (χ1v) is 6.70. The number of methoxy groups -OCH3 is 1. The van der Waals surface area contributed by atoms with Crippen molar-refractivity contribution in [3.05, 3.63) is 28.3 Å². The highest BCUT2D eigenvalue weighted by atomic mass is 35.5. The molecule has 0 spiro atoms. The van der Waals surface area contributed by atoms with E-state index in [1.54, 1.807) is 7.11 Å². The van der Waals surface area contributed by atoms with Crippen LogP contribution >= 0.6 is 11.6 Å². The van der Waals surface area contributed by atoms with Gasteiger partial charge in [0.2, 0.25) is 0 Å². The van der Waals surface area contributed by atoms with E-state index >= 15 is 0 Å². The Morgan fingerprint density at radius 2 is 2.17 bits per heavy atom. The van der Waals surface area contributed by atoms with Crippen LogP contribution in [0.15, 0.2) is 12.1 Å². The average Bonchev–Trinajstić information content (AvgIpc) is 2.23. The van der Waals surface area contributed by atoms with Crippen LogP contribution in [-0.2, 0) is 6.54 Å². The molecular formula is C14H21ClN2O. The first kappa shape index (κ1) is 13.7. The van der Waals surface area contributed by atoms with Crippen LogP contribution in [0.3, 0.4) is 0 Å². The molecule has 0 atom stereocenters. The van der Waals surface area contributed by atoms with E-state index in [0.29, 0.717) is 0 Å². The van der Waals surface area contributed by atoms with Crippen LogP contribution in [-0.4, -0.2) is 38.7 Å². The number of ether oxygens (including phenoxy) is 1. The summed E-state index contributed by atoms with van der Waals surface area (Å²) in [5.74, 6) is 1.74. The zero-order chi connectivity index (χ0) is 13.1. The van der Waals surface area contributed by atoms with Crippen molar-refractivity contribution in [1.29, 1.82) is 0 Å². The van der Waals surface area contributed by atoms with Gasteiger partial charge in [-0.15, -0.1) is 0 Å². The van der Waals surface area contributed by atoms with Gasteiger partial charge in [0.15, 0.2) is 0 Å². The zero-order valence-electron chi connectivity index (χ0n) is 11.3. The highest BCUT2D eigenvalue weighted by Crippen LogP contribution is 2.28. The van der Waals surface area contributed by atoms with Crippen molar-refractivity contribution in [3.63, 3.8) is 0 Å². The van der Waals surface area contributed by atoms with Crippen LogP contribution in [0.1, 0.15) is 11.1 Å². The third-order valence-electron chi connectivity index (χ3n) is 3.40. The number of benzene rings is 1. The van der Waals surface area contributed by atoms with Crippen LogP contribution in [0, 0.1) is 12.8 Å². The van der Waals surface area contributed by atoms with Gasteiger partial charge in [-0.05, 0) is 37.6 Å². The molecule has 1 aromatic rings. The van der Waals surface area contributed by atoms with Gasteiger partial charge in [-0.1, -0.05) is 11.6 Å². The molecule has 1 N–H and O–H groups in total. The van der Waals surface area contributed by atoms with Crippen molar-refractivity contribution >= 4 is 11.6 Å². The predicted molar refractivity (Wildman–Crippen MR) is 75.4 cm³/mol. The Morgan fingerprint density at radius 3 is 2.72 bits per heavy atom. The fourth-order valence-electron chi connectivity index (χ4n) is 2.48. The van der Waals surface area contributed by atoms with Crippen molar-refractivity contribution in [2.24, 2.45) is 5.92 Å². The molecule has 3 nitrogen and oxygen atoms in total. The standard InChI is InChI=1S/C14H21ClN2O/c1-10-4-13(15)5-12(14(10)18-3)9-17(2)8-11-6-16-7-11/h4-5,11,16H,6-9H2,1-3H3. The summed E-state index contributed by atoms with van der Waals surface area (Å²) in [4.78, 5) is 2.33.